The second-order valence-corrected chi connectivity index (χ2v) is 9.55. The van der Waals surface area contributed by atoms with Gasteiger partial charge in [0.25, 0.3) is 0 Å². The monoisotopic (exact) mass is 435 g/mol. The van der Waals surface area contributed by atoms with Crippen LogP contribution >= 0.6 is 11.8 Å². The highest BCUT2D eigenvalue weighted by Crippen LogP contribution is 2.38. The van der Waals surface area contributed by atoms with Crippen LogP contribution in [0, 0.1) is 13.8 Å². The van der Waals surface area contributed by atoms with Crippen molar-refractivity contribution in [2.24, 2.45) is 0 Å². The van der Waals surface area contributed by atoms with Crippen molar-refractivity contribution >= 4 is 35.0 Å². The summed E-state index contributed by atoms with van der Waals surface area (Å²) in [5.74, 6) is -0.373. The Morgan fingerprint density at radius 2 is 1.87 bits per heavy atom. The number of para-hydroxylation sites is 2. The molecule has 1 aromatic heterocycles. The lowest BCUT2D eigenvalue weighted by Gasteiger charge is -2.43. The zero-order chi connectivity index (χ0) is 22.3. The number of rotatable bonds is 4. The van der Waals surface area contributed by atoms with Crippen molar-refractivity contribution in [3.8, 4) is 5.69 Å². The van der Waals surface area contributed by atoms with Crippen molar-refractivity contribution in [2.45, 2.75) is 50.6 Å². The van der Waals surface area contributed by atoms with Crippen molar-refractivity contribution in [1.29, 1.82) is 0 Å². The van der Waals surface area contributed by atoms with E-state index < -0.39 is 10.8 Å². The molecule has 4 rings (SSSR count). The lowest BCUT2D eigenvalue weighted by Crippen LogP contribution is -2.60. The summed E-state index contributed by atoms with van der Waals surface area (Å²) in [6, 6.07) is 13.5. The van der Waals surface area contributed by atoms with E-state index in [-0.39, 0.29) is 11.8 Å². The number of hydrogen-bond acceptors (Lipinski definition) is 5. The quantitative estimate of drug-likeness (QED) is 0.624. The van der Waals surface area contributed by atoms with Crippen LogP contribution < -0.4 is 10.2 Å². The molecule has 2 aromatic carbocycles. The molecular weight excluding hydrogens is 410 g/mol. The highest BCUT2D eigenvalue weighted by Gasteiger charge is 2.45. The SMILES string of the molecule is Cc1ccc(-n2cnnc2S[C@H](C)C(=O)N2c3ccccc3NC(=O)C2(C)C)c(C)c1. The highest BCUT2D eigenvalue weighted by molar-refractivity contribution is 8.00. The normalized spacial score (nSPS) is 15.9. The molecule has 3 aromatic rings. The predicted molar refractivity (Wildman–Crippen MR) is 123 cm³/mol. The Hall–Kier alpha value is -3.13. The largest absolute Gasteiger partial charge is 0.322 e. The molecule has 1 N–H and O–H groups in total. The van der Waals surface area contributed by atoms with Gasteiger partial charge in [-0.3, -0.25) is 19.1 Å². The molecule has 8 heteroatoms. The molecule has 1 aliphatic rings. The van der Waals surface area contributed by atoms with E-state index in [1.807, 2.05) is 55.7 Å². The van der Waals surface area contributed by atoms with E-state index in [1.54, 1.807) is 31.1 Å². The molecule has 0 unspecified atom stereocenters. The third-order valence-electron chi connectivity index (χ3n) is 5.49. The van der Waals surface area contributed by atoms with Gasteiger partial charge in [-0.15, -0.1) is 10.2 Å². The van der Waals surface area contributed by atoms with Gasteiger partial charge in [0, 0.05) is 0 Å². The lowest BCUT2D eigenvalue weighted by atomic mass is 9.96. The van der Waals surface area contributed by atoms with Crippen LogP contribution in [0.15, 0.2) is 53.9 Å². The standard InChI is InChI=1S/C23H25N5O2S/c1-14-10-11-18(15(2)12-14)27-13-24-26-22(27)31-16(3)20(29)28-19-9-7-6-8-17(19)25-21(30)23(28,4)5/h6-13,16H,1-5H3,(H,25,30)/t16-/m1/s1. The summed E-state index contributed by atoms with van der Waals surface area (Å²) in [7, 11) is 0. The Labute approximate surface area is 185 Å². The Morgan fingerprint density at radius 1 is 1.13 bits per heavy atom. The average Bonchev–Trinajstić information content (AvgIpc) is 3.16. The Balaban J connectivity index is 1.65. The van der Waals surface area contributed by atoms with Gasteiger partial charge in [0.15, 0.2) is 5.16 Å². The molecule has 0 radical (unpaired) electrons. The smallest absolute Gasteiger partial charge is 0.250 e. The van der Waals surface area contributed by atoms with Crippen molar-refractivity contribution < 1.29 is 9.59 Å². The molecule has 160 valence electrons. The summed E-state index contributed by atoms with van der Waals surface area (Å²) >= 11 is 1.33. The number of thioether (sulfide) groups is 1. The molecule has 0 aliphatic carbocycles. The second kappa shape index (κ2) is 7.85. The Kier molecular flexibility index (Phi) is 5.35. The molecule has 2 amide bonds. The van der Waals surface area contributed by atoms with Gasteiger partial charge in [0.2, 0.25) is 11.8 Å². The van der Waals surface area contributed by atoms with Gasteiger partial charge < -0.3 is 5.32 Å². The summed E-state index contributed by atoms with van der Waals surface area (Å²) in [5, 5.41) is 11.4. The summed E-state index contributed by atoms with van der Waals surface area (Å²) in [6.07, 6.45) is 1.66. The number of carbonyl (C=O) groups excluding carboxylic acids is 2. The molecule has 0 saturated heterocycles. The first-order valence-electron chi connectivity index (χ1n) is 10.1. The number of fused-ring (bicyclic) bond motifs is 1. The van der Waals surface area contributed by atoms with E-state index in [2.05, 4.69) is 21.6 Å². The van der Waals surface area contributed by atoms with Gasteiger partial charge >= 0.3 is 0 Å². The van der Waals surface area contributed by atoms with Crippen molar-refractivity contribution in [1.82, 2.24) is 14.8 Å². The van der Waals surface area contributed by atoms with E-state index in [4.69, 9.17) is 0 Å². The molecule has 1 atom stereocenters. The molecule has 0 fully saturated rings. The predicted octanol–water partition coefficient (Wildman–Crippen LogP) is 4.13. The number of carbonyl (C=O) groups is 2. The van der Waals surface area contributed by atoms with Gasteiger partial charge in [0.1, 0.15) is 11.9 Å². The van der Waals surface area contributed by atoms with Crippen LogP contribution in [0.5, 0.6) is 0 Å². The fourth-order valence-electron chi connectivity index (χ4n) is 3.78. The number of benzene rings is 2. The number of aromatic nitrogens is 3. The fraction of sp³-hybridized carbons (Fsp3) is 0.304. The van der Waals surface area contributed by atoms with Gasteiger partial charge in [-0.1, -0.05) is 41.6 Å². The van der Waals surface area contributed by atoms with Crippen molar-refractivity contribution in [2.75, 3.05) is 10.2 Å². The average molecular weight is 436 g/mol. The zero-order valence-electron chi connectivity index (χ0n) is 18.2. The van der Waals surface area contributed by atoms with E-state index in [0.717, 1.165) is 11.3 Å². The van der Waals surface area contributed by atoms with Gasteiger partial charge in [-0.05, 0) is 58.4 Å². The minimum Gasteiger partial charge on any atom is -0.322 e. The number of nitrogens with zero attached hydrogens (tertiary/aromatic N) is 4. The number of nitrogens with one attached hydrogen (secondary N) is 1. The zero-order valence-corrected chi connectivity index (χ0v) is 19.0. The number of aryl methyl sites for hydroxylation is 2. The molecule has 2 heterocycles. The van der Waals surface area contributed by atoms with E-state index in [1.165, 1.54) is 17.3 Å². The lowest BCUT2D eigenvalue weighted by molar-refractivity contribution is -0.126. The fourth-order valence-corrected chi connectivity index (χ4v) is 4.66. The topological polar surface area (TPSA) is 80.1 Å². The van der Waals surface area contributed by atoms with Crippen LogP contribution in [0.25, 0.3) is 5.69 Å². The van der Waals surface area contributed by atoms with Crippen LogP contribution in [0.4, 0.5) is 11.4 Å². The molecule has 1 aliphatic heterocycles. The first kappa shape index (κ1) is 21.1. The third-order valence-corrected chi connectivity index (χ3v) is 6.53. The van der Waals surface area contributed by atoms with Crippen molar-refractivity contribution in [3.05, 3.63) is 59.9 Å². The van der Waals surface area contributed by atoms with Crippen LogP contribution in [-0.4, -0.2) is 37.4 Å². The first-order chi connectivity index (χ1) is 14.7. The van der Waals surface area contributed by atoms with Crippen LogP contribution in [0.1, 0.15) is 31.9 Å². The summed E-state index contributed by atoms with van der Waals surface area (Å²) in [6.45, 7) is 9.43. The minimum atomic E-state index is -1.01. The number of anilines is 2. The van der Waals surface area contributed by atoms with Gasteiger partial charge in [-0.2, -0.15) is 0 Å². The minimum absolute atomic E-state index is 0.160. The van der Waals surface area contributed by atoms with Crippen LogP contribution in [0.3, 0.4) is 0 Å². The Bertz CT molecular complexity index is 1170. The first-order valence-corrected chi connectivity index (χ1v) is 11.0. The molecule has 7 nitrogen and oxygen atoms in total. The van der Waals surface area contributed by atoms with E-state index >= 15 is 0 Å². The maximum Gasteiger partial charge on any atom is 0.250 e. The summed E-state index contributed by atoms with van der Waals surface area (Å²) in [4.78, 5) is 27.9. The van der Waals surface area contributed by atoms with Crippen LogP contribution in [0.2, 0.25) is 0 Å². The molecular formula is C23H25N5O2S. The molecule has 0 bridgehead atoms. The number of hydrogen-bond donors (Lipinski definition) is 1. The second-order valence-electron chi connectivity index (χ2n) is 8.24. The van der Waals surface area contributed by atoms with Crippen molar-refractivity contribution in [3.63, 3.8) is 0 Å². The molecule has 0 saturated carbocycles. The highest BCUT2D eigenvalue weighted by atomic mass is 32.2. The maximum absolute atomic E-state index is 13.6. The van der Waals surface area contributed by atoms with E-state index in [9.17, 15) is 9.59 Å². The van der Waals surface area contributed by atoms with Gasteiger partial charge in [0.05, 0.1) is 22.3 Å². The summed E-state index contributed by atoms with van der Waals surface area (Å²) in [5.41, 5.74) is 3.57. The van der Waals surface area contributed by atoms with Gasteiger partial charge in [-0.25, -0.2) is 0 Å². The number of amides is 2. The van der Waals surface area contributed by atoms with E-state index in [0.29, 0.717) is 16.5 Å². The summed E-state index contributed by atoms with van der Waals surface area (Å²) < 4.78 is 1.89. The third kappa shape index (κ3) is 3.72. The van der Waals surface area contributed by atoms with Crippen LogP contribution in [-0.2, 0) is 9.59 Å². The Morgan fingerprint density at radius 3 is 2.61 bits per heavy atom. The maximum atomic E-state index is 13.6. The molecule has 31 heavy (non-hydrogen) atoms. The molecule has 0 spiro atoms.